The Morgan fingerprint density at radius 3 is 2.58 bits per heavy atom. The van der Waals surface area contributed by atoms with Crippen molar-refractivity contribution in [2.45, 2.75) is 33.0 Å². The molecular weight excluding hydrogens is 236 g/mol. The zero-order chi connectivity index (χ0) is 13.4. The van der Waals surface area contributed by atoms with Gasteiger partial charge in [-0.3, -0.25) is 0 Å². The Labute approximate surface area is 113 Å². The Hall–Kier alpha value is -2.10. The molecule has 2 aromatic rings. The number of hydrogen-bond acceptors (Lipinski definition) is 4. The van der Waals surface area contributed by atoms with Crippen molar-refractivity contribution in [1.82, 2.24) is 9.97 Å². The summed E-state index contributed by atoms with van der Waals surface area (Å²) in [7, 11) is 0. The summed E-state index contributed by atoms with van der Waals surface area (Å²) in [4.78, 5) is 13.3. The second-order valence-corrected chi connectivity index (χ2v) is 5.07. The molecule has 2 heterocycles. The van der Waals surface area contributed by atoms with E-state index in [1.807, 2.05) is 12.3 Å². The fourth-order valence-electron chi connectivity index (χ4n) is 2.82. The largest absolute Gasteiger partial charge is 0.344 e. The maximum atomic E-state index is 4.47. The molecule has 1 unspecified atom stereocenters. The quantitative estimate of drug-likeness (QED) is 0.824. The molecular formula is C15H18N4. The third-order valence-electron chi connectivity index (χ3n) is 3.55. The third kappa shape index (κ3) is 1.84. The van der Waals surface area contributed by atoms with Gasteiger partial charge in [0.2, 0.25) is 0 Å². The first-order valence-corrected chi connectivity index (χ1v) is 6.63. The van der Waals surface area contributed by atoms with Crippen LogP contribution in [-0.4, -0.2) is 22.2 Å². The molecule has 3 rings (SSSR count). The molecule has 0 N–H and O–H groups in total. The van der Waals surface area contributed by atoms with Gasteiger partial charge in [0.15, 0.2) is 5.82 Å². The molecule has 1 aromatic heterocycles. The van der Waals surface area contributed by atoms with E-state index in [4.69, 9.17) is 0 Å². The number of fused-ring (bicyclic) bond motifs is 1. The molecule has 1 aromatic carbocycles. The van der Waals surface area contributed by atoms with Gasteiger partial charge in [-0.05, 0) is 32.9 Å². The molecule has 0 radical (unpaired) electrons. The average molecular weight is 254 g/mol. The van der Waals surface area contributed by atoms with Crippen LogP contribution in [0.1, 0.15) is 20.8 Å². The number of hydrogen-bond donors (Lipinski definition) is 0. The fourth-order valence-corrected chi connectivity index (χ4v) is 2.82. The second kappa shape index (κ2) is 4.53. The molecule has 0 fully saturated rings. The summed E-state index contributed by atoms with van der Waals surface area (Å²) in [5.74, 6) is 0.988. The normalized spacial score (nSPS) is 18.0. The van der Waals surface area contributed by atoms with Crippen LogP contribution in [0.15, 0.2) is 42.9 Å². The van der Waals surface area contributed by atoms with Crippen LogP contribution in [0.5, 0.6) is 0 Å². The van der Waals surface area contributed by atoms with E-state index in [2.05, 4.69) is 64.8 Å². The van der Waals surface area contributed by atoms with Crippen LogP contribution in [0.25, 0.3) is 0 Å². The molecule has 4 nitrogen and oxygen atoms in total. The first-order valence-electron chi connectivity index (χ1n) is 6.63. The zero-order valence-corrected chi connectivity index (χ0v) is 11.5. The van der Waals surface area contributed by atoms with Gasteiger partial charge in [0, 0.05) is 11.7 Å². The van der Waals surface area contributed by atoms with Crippen molar-refractivity contribution >= 4 is 17.2 Å². The predicted molar refractivity (Wildman–Crippen MR) is 77.7 cm³/mol. The Morgan fingerprint density at radius 2 is 1.89 bits per heavy atom. The maximum Gasteiger partial charge on any atom is 0.161 e. The summed E-state index contributed by atoms with van der Waals surface area (Å²) in [6.07, 6.45) is 3.77. The van der Waals surface area contributed by atoms with Crippen molar-refractivity contribution in [3.63, 3.8) is 0 Å². The molecule has 0 aliphatic carbocycles. The topological polar surface area (TPSA) is 32.3 Å². The van der Waals surface area contributed by atoms with Gasteiger partial charge in [0.1, 0.15) is 18.2 Å². The predicted octanol–water partition coefficient (Wildman–Crippen LogP) is 3.19. The molecule has 4 heteroatoms. The number of rotatable bonds is 2. The molecule has 1 aliphatic heterocycles. The Morgan fingerprint density at radius 1 is 1.16 bits per heavy atom. The minimum atomic E-state index is 0.245. The lowest BCUT2D eigenvalue weighted by atomic mass is 10.2. The van der Waals surface area contributed by atoms with Crippen molar-refractivity contribution in [2.24, 2.45) is 0 Å². The van der Waals surface area contributed by atoms with Crippen LogP contribution in [0.2, 0.25) is 0 Å². The summed E-state index contributed by atoms with van der Waals surface area (Å²) >= 11 is 0. The minimum absolute atomic E-state index is 0.245. The van der Waals surface area contributed by atoms with Gasteiger partial charge in [-0.1, -0.05) is 18.2 Å². The summed E-state index contributed by atoms with van der Waals surface area (Å²) < 4.78 is 0. The molecule has 1 aliphatic rings. The molecule has 0 spiro atoms. The Balaban J connectivity index is 2.12. The molecule has 19 heavy (non-hydrogen) atoms. The van der Waals surface area contributed by atoms with Crippen LogP contribution in [0.3, 0.4) is 0 Å². The van der Waals surface area contributed by atoms with Crippen molar-refractivity contribution in [2.75, 3.05) is 9.80 Å². The molecule has 1 atom stereocenters. The van der Waals surface area contributed by atoms with Crippen LogP contribution in [0.4, 0.5) is 17.2 Å². The minimum Gasteiger partial charge on any atom is -0.344 e. The van der Waals surface area contributed by atoms with Gasteiger partial charge in [-0.15, -0.1) is 0 Å². The van der Waals surface area contributed by atoms with E-state index in [0.717, 1.165) is 17.2 Å². The van der Waals surface area contributed by atoms with Crippen molar-refractivity contribution < 1.29 is 0 Å². The number of nitrogens with zero attached hydrogens (tertiary/aromatic N) is 4. The second-order valence-electron chi connectivity index (χ2n) is 5.07. The van der Waals surface area contributed by atoms with Gasteiger partial charge in [0.25, 0.3) is 0 Å². The molecule has 0 bridgehead atoms. The molecule has 0 saturated heterocycles. The maximum absolute atomic E-state index is 4.47. The van der Waals surface area contributed by atoms with Crippen molar-refractivity contribution in [3.05, 3.63) is 42.9 Å². The highest BCUT2D eigenvalue weighted by Crippen LogP contribution is 2.42. The van der Waals surface area contributed by atoms with E-state index in [9.17, 15) is 0 Å². The van der Waals surface area contributed by atoms with E-state index in [1.165, 1.54) is 0 Å². The van der Waals surface area contributed by atoms with E-state index in [-0.39, 0.29) is 6.17 Å². The summed E-state index contributed by atoms with van der Waals surface area (Å²) in [6.45, 7) is 6.60. The number of anilines is 3. The highest BCUT2D eigenvalue weighted by atomic mass is 15.4. The molecule has 0 amide bonds. The van der Waals surface area contributed by atoms with Crippen molar-refractivity contribution in [1.29, 1.82) is 0 Å². The zero-order valence-electron chi connectivity index (χ0n) is 11.5. The smallest absolute Gasteiger partial charge is 0.161 e. The average Bonchev–Trinajstić information content (AvgIpc) is 2.71. The van der Waals surface area contributed by atoms with E-state index < -0.39 is 0 Å². The number of para-hydroxylation sites is 1. The van der Waals surface area contributed by atoms with E-state index in [0.29, 0.717) is 6.04 Å². The monoisotopic (exact) mass is 254 g/mol. The summed E-state index contributed by atoms with van der Waals surface area (Å²) in [6, 6.07) is 10.8. The Kier molecular flexibility index (Phi) is 2.85. The lowest BCUT2D eigenvalue weighted by Crippen LogP contribution is -2.42. The SMILES string of the molecule is CC(C)N1c2cncnc2N(c2ccccc2)C1C. The lowest BCUT2D eigenvalue weighted by molar-refractivity contribution is 0.606. The summed E-state index contributed by atoms with van der Waals surface area (Å²) in [5, 5.41) is 0. The highest BCUT2D eigenvalue weighted by molar-refractivity contribution is 5.80. The standard InChI is InChI=1S/C15H18N4/c1-11(2)18-12(3)19(13-7-5-4-6-8-13)15-14(18)9-16-10-17-15/h4-12H,1-3H3. The highest BCUT2D eigenvalue weighted by Gasteiger charge is 2.36. The van der Waals surface area contributed by atoms with E-state index in [1.54, 1.807) is 6.33 Å². The Bertz CT molecular complexity index is 567. The lowest BCUT2D eigenvalue weighted by Gasteiger charge is -2.32. The van der Waals surface area contributed by atoms with Gasteiger partial charge in [0.05, 0.1) is 6.20 Å². The van der Waals surface area contributed by atoms with Gasteiger partial charge < -0.3 is 9.80 Å². The summed E-state index contributed by atoms with van der Waals surface area (Å²) in [5.41, 5.74) is 2.27. The van der Waals surface area contributed by atoms with Gasteiger partial charge in [-0.2, -0.15) is 0 Å². The number of aromatic nitrogens is 2. The van der Waals surface area contributed by atoms with Crippen molar-refractivity contribution in [3.8, 4) is 0 Å². The first-order chi connectivity index (χ1) is 9.20. The van der Waals surface area contributed by atoms with Crippen LogP contribution in [-0.2, 0) is 0 Å². The van der Waals surface area contributed by atoms with Crippen LogP contribution >= 0.6 is 0 Å². The van der Waals surface area contributed by atoms with Crippen LogP contribution < -0.4 is 9.80 Å². The van der Waals surface area contributed by atoms with Crippen LogP contribution in [0, 0.1) is 0 Å². The van der Waals surface area contributed by atoms with Gasteiger partial charge in [-0.25, -0.2) is 9.97 Å². The molecule has 98 valence electrons. The van der Waals surface area contributed by atoms with E-state index >= 15 is 0 Å². The first kappa shape index (κ1) is 12.0. The van der Waals surface area contributed by atoms with Gasteiger partial charge >= 0.3 is 0 Å². The number of benzene rings is 1. The molecule has 0 saturated carbocycles. The third-order valence-corrected chi connectivity index (χ3v) is 3.55. The fraction of sp³-hybridized carbons (Fsp3) is 0.333.